The number of tetrazole rings is 1. The van der Waals surface area contributed by atoms with Crippen molar-refractivity contribution in [1.82, 2.24) is 44.9 Å². The van der Waals surface area contributed by atoms with Gasteiger partial charge < -0.3 is 24.3 Å². The van der Waals surface area contributed by atoms with E-state index in [0.717, 1.165) is 50.0 Å². The average molecular weight is 720 g/mol. The van der Waals surface area contributed by atoms with Gasteiger partial charge in [-0.3, -0.25) is 9.58 Å². The van der Waals surface area contributed by atoms with Crippen LogP contribution in [0, 0.1) is 11.3 Å². The van der Waals surface area contributed by atoms with E-state index in [1.54, 1.807) is 29.2 Å². The molecule has 17 heteroatoms. The Morgan fingerprint density at radius 1 is 1.00 bits per heavy atom. The monoisotopic (exact) mass is 719 g/mol. The quantitative estimate of drug-likeness (QED) is 0.157. The molecule has 1 N–H and O–H groups in total. The fraction of sp³-hybridized carbons (Fsp3) is 0.571. The molecule has 7 rings (SSSR count). The second kappa shape index (κ2) is 16.7. The highest BCUT2D eigenvalue weighted by molar-refractivity contribution is 5.67. The standard InChI is InChI=1S/C35H43F2N11O4/c1-23(17-46-22-41-44-45-46)52-32-13-24(3-4-25(32)14-38)26-15-39-35(40-16-26)42-31-18-47(43-34(31)51-12-2-11-49-21-33(36)37)27-5-7-28(8-6-27)48-29-9-10-30(48)20-50-19-29/h3-4,13,15-16,18,22-23,27-30,33H,2,5-12,17,19-21H2,1H3,(H,39,40,42)/t23-,27?,28?,29-,30+/m0/s1. The fourth-order valence-electron chi connectivity index (χ4n) is 7.47. The molecule has 2 saturated heterocycles. The number of nitriles is 1. The molecule has 4 aromatic rings. The molecule has 2 bridgehead atoms. The zero-order valence-electron chi connectivity index (χ0n) is 29.1. The Morgan fingerprint density at radius 2 is 1.75 bits per heavy atom. The summed E-state index contributed by atoms with van der Waals surface area (Å²) in [6.07, 6.45) is 11.1. The van der Waals surface area contributed by atoms with Crippen LogP contribution in [0.5, 0.6) is 11.6 Å². The SMILES string of the molecule is C[C@@H](Cn1cnnn1)Oc1cc(-c2cnc(Nc3cn(C4CCC(N5[C@@H]6CC[C@H]5COC6)CC4)nc3OCCCOCC(F)F)nc2)ccc1C#N. The lowest BCUT2D eigenvalue weighted by Gasteiger charge is -2.43. The van der Waals surface area contributed by atoms with Crippen molar-refractivity contribution in [2.45, 2.75) is 95.1 Å². The maximum absolute atomic E-state index is 12.5. The van der Waals surface area contributed by atoms with Crippen LogP contribution in [0.15, 0.2) is 43.1 Å². The summed E-state index contributed by atoms with van der Waals surface area (Å²) >= 11 is 0. The molecule has 3 aromatic heterocycles. The van der Waals surface area contributed by atoms with Crippen LogP contribution in [-0.4, -0.2) is 109 Å². The third-order valence-corrected chi connectivity index (χ3v) is 9.87. The predicted molar refractivity (Wildman–Crippen MR) is 183 cm³/mol. The van der Waals surface area contributed by atoms with Gasteiger partial charge in [-0.2, -0.15) is 5.26 Å². The van der Waals surface area contributed by atoms with E-state index < -0.39 is 13.0 Å². The summed E-state index contributed by atoms with van der Waals surface area (Å²) in [6.45, 7) is 3.78. The summed E-state index contributed by atoms with van der Waals surface area (Å²) < 4.78 is 51.4. The first-order valence-corrected chi connectivity index (χ1v) is 17.9. The Balaban J connectivity index is 1.02. The minimum atomic E-state index is -2.50. The number of hydrogen-bond donors (Lipinski definition) is 1. The van der Waals surface area contributed by atoms with Crippen molar-refractivity contribution in [1.29, 1.82) is 5.26 Å². The van der Waals surface area contributed by atoms with Gasteiger partial charge in [0.2, 0.25) is 5.95 Å². The second-order valence-electron chi connectivity index (χ2n) is 13.5. The number of hydrogen-bond acceptors (Lipinski definition) is 13. The molecule has 0 amide bonds. The van der Waals surface area contributed by atoms with Gasteiger partial charge in [-0.05, 0) is 73.6 Å². The van der Waals surface area contributed by atoms with Crippen LogP contribution in [0.25, 0.3) is 11.1 Å². The first kappa shape index (κ1) is 35.6. The van der Waals surface area contributed by atoms with Crippen molar-refractivity contribution in [3.63, 3.8) is 0 Å². The van der Waals surface area contributed by atoms with Gasteiger partial charge in [0.15, 0.2) is 0 Å². The smallest absolute Gasteiger partial charge is 0.261 e. The Hall–Kier alpha value is -4.79. The highest BCUT2D eigenvalue weighted by Crippen LogP contribution is 2.39. The molecule has 1 saturated carbocycles. The minimum Gasteiger partial charge on any atom is -0.487 e. The molecule has 3 atom stereocenters. The van der Waals surface area contributed by atoms with Crippen LogP contribution in [-0.2, 0) is 16.0 Å². The Kier molecular flexibility index (Phi) is 11.4. The van der Waals surface area contributed by atoms with Gasteiger partial charge in [0.1, 0.15) is 36.5 Å². The van der Waals surface area contributed by atoms with Gasteiger partial charge in [0.05, 0.1) is 50.8 Å². The minimum absolute atomic E-state index is 0.159. The molecule has 3 fully saturated rings. The summed E-state index contributed by atoms with van der Waals surface area (Å²) in [5.74, 6) is 1.17. The summed E-state index contributed by atoms with van der Waals surface area (Å²) in [5.41, 5.74) is 2.52. The number of anilines is 2. The average Bonchev–Trinajstić information content (AvgIpc) is 3.87. The van der Waals surface area contributed by atoms with Crippen molar-refractivity contribution in [2.24, 2.45) is 0 Å². The number of rotatable bonds is 16. The van der Waals surface area contributed by atoms with Crippen molar-refractivity contribution in [2.75, 3.05) is 38.4 Å². The Labute approximate surface area is 300 Å². The number of aromatic nitrogens is 8. The van der Waals surface area contributed by atoms with Crippen LogP contribution in [0.3, 0.4) is 0 Å². The number of alkyl halides is 2. The van der Waals surface area contributed by atoms with Crippen LogP contribution in [0.4, 0.5) is 20.4 Å². The van der Waals surface area contributed by atoms with E-state index in [1.165, 1.54) is 19.2 Å². The third kappa shape index (κ3) is 8.63. The molecule has 0 unspecified atom stereocenters. The maximum Gasteiger partial charge on any atom is 0.261 e. The molecule has 5 heterocycles. The lowest BCUT2D eigenvalue weighted by molar-refractivity contribution is -0.0458. The topological polar surface area (TPSA) is 163 Å². The van der Waals surface area contributed by atoms with E-state index in [1.807, 2.05) is 23.9 Å². The molecule has 1 aromatic carbocycles. The number of nitrogens with one attached hydrogen (secondary N) is 1. The number of fused-ring (bicyclic) bond motifs is 2. The van der Waals surface area contributed by atoms with Crippen LogP contribution >= 0.6 is 0 Å². The Bertz CT molecular complexity index is 1760. The van der Waals surface area contributed by atoms with Crippen LogP contribution < -0.4 is 14.8 Å². The van der Waals surface area contributed by atoms with E-state index in [4.69, 9.17) is 24.0 Å². The van der Waals surface area contributed by atoms with Gasteiger partial charge in [0, 0.05) is 42.5 Å². The molecule has 52 heavy (non-hydrogen) atoms. The maximum atomic E-state index is 12.5. The molecule has 276 valence electrons. The predicted octanol–water partition coefficient (Wildman–Crippen LogP) is 4.81. The van der Waals surface area contributed by atoms with Gasteiger partial charge in [-0.15, -0.1) is 10.2 Å². The molecular weight excluding hydrogens is 676 g/mol. The largest absolute Gasteiger partial charge is 0.487 e. The van der Waals surface area contributed by atoms with E-state index in [9.17, 15) is 14.0 Å². The van der Waals surface area contributed by atoms with Crippen LogP contribution in [0.1, 0.15) is 63.5 Å². The van der Waals surface area contributed by atoms with E-state index in [-0.39, 0.29) is 25.4 Å². The van der Waals surface area contributed by atoms with Gasteiger partial charge in [-0.1, -0.05) is 6.07 Å². The van der Waals surface area contributed by atoms with Crippen molar-refractivity contribution in [3.05, 3.63) is 48.7 Å². The van der Waals surface area contributed by atoms with E-state index in [0.29, 0.717) is 59.9 Å². The molecule has 0 radical (unpaired) electrons. The summed E-state index contributed by atoms with van der Waals surface area (Å²) in [4.78, 5) is 11.9. The lowest BCUT2D eigenvalue weighted by Crippen LogP contribution is -2.52. The highest BCUT2D eigenvalue weighted by Gasteiger charge is 2.42. The van der Waals surface area contributed by atoms with E-state index >= 15 is 0 Å². The second-order valence-corrected chi connectivity index (χ2v) is 13.5. The van der Waals surface area contributed by atoms with Crippen molar-refractivity contribution in [3.8, 4) is 28.8 Å². The molecule has 15 nitrogen and oxygen atoms in total. The fourth-order valence-corrected chi connectivity index (χ4v) is 7.47. The highest BCUT2D eigenvalue weighted by atomic mass is 19.3. The molecule has 3 aliphatic rings. The molecule has 0 spiro atoms. The first-order valence-electron chi connectivity index (χ1n) is 17.9. The zero-order chi connectivity index (χ0) is 35.9. The van der Waals surface area contributed by atoms with Crippen molar-refractivity contribution < 1.29 is 27.7 Å². The zero-order valence-corrected chi connectivity index (χ0v) is 29.1. The van der Waals surface area contributed by atoms with Gasteiger partial charge in [-0.25, -0.2) is 23.4 Å². The lowest BCUT2D eigenvalue weighted by atomic mass is 9.89. The summed E-state index contributed by atoms with van der Waals surface area (Å²) in [5, 5.41) is 28.9. The van der Waals surface area contributed by atoms with Gasteiger partial charge in [0.25, 0.3) is 12.3 Å². The number of ether oxygens (including phenoxy) is 4. The van der Waals surface area contributed by atoms with Crippen LogP contribution in [0.2, 0.25) is 0 Å². The number of halogens is 2. The first-order chi connectivity index (χ1) is 25.4. The van der Waals surface area contributed by atoms with E-state index in [2.05, 4.69) is 41.8 Å². The molecular formula is C35H43F2N11O4. The third-order valence-electron chi connectivity index (χ3n) is 9.87. The normalized spacial score (nSPS) is 22.3. The number of nitrogens with zero attached hydrogens (tertiary/aromatic N) is 10. The Morgan fingerprint density at radius 3 is 2.46 bits per heavy atom. The van der Waals surface area contributed by atoms with Crippen molar-refractivity contribution >= 4 is 11.6 Å². The number of benzene rings is 1. The summed E-state index contributed by atoms with van der Waals surface area (Å²) in [6, 6.07) is 9.37. The molecule has 2 aliphatic heterocycles. The van der Waals surface area contributed by atoms with Gasteiger partial charge >= 0.3 is 0 Å². The molecule has 1 aliphatic carbocycles. The summed E-state index contributed by atoms with van der Waals surface area (Å²) in [7, 11) is 0. The number of morpholine rings is 1.